The third kappa shape index (κ3) is 4.60. The summed E-state index contributed by atoms with van der Waals surface area (Å²) < 4.78 is 0. The number of rotatable bonds is 5. The predicted octanol–water partition coefficient (Wildman–Crippen LogP) is 2.75. The molecular formula is C18H24N2O3S. The van der Waals surface area contributed by atoms with Crippen molar-refractivity contribution in [2.24, 2.45) is 5.92 Å². The minimum Gasteiger partial charge on any atom is -0.343 e. The molecule has 0 saturated heterocycles. The van der Waals surface area contributed by atoms with Crippen molar-refractivity contribution in [3.05, 3.63) is 29.8 Å². The molecule has 0 fully saturated rings. The molecule has 0 spiro atoms. The van der Waals surface area contributed by atoms with Crippen LogP contribution >= 0.6 is 11.8 Å². The van der Waals surface area contributed by atoms with E-state index in [2.05, 4.69) is 10.6 Å². The Bertz CT molecular complexity index is 632. The van der Waals surface area contributed by atoms with E-state index in [0.29, 0.717) is 12.8 Å². The number of anilines is 1. The van der Waals surface area contributed by atoms with Crippen LogP contribution in [0.5, 0.6) is 0 Å². The Labute approximate surface area is 147 Å². The molecule has 0 bridgehead atoms. The molecule has 1 aromatic carbocycles. The molecule has 2 N–H and O–H groups in total. The normalized spacial score (nSPS) is 19.5. The highest BCUT2D eigenvalue weighted by atomic mass is 32.2. The monoisotopic (exact) mass is 348 g/mol. The number of hydrogen-bond acceptors (Lipinski definition) is 4. The number of aryl methyl sites for hydroxylation is 1. The quantitative estimate of drug-likeness (QED) is 0.858. The fraction of sp³-hybridized carbons (Fsp3) is 0.500. The Morgan fingerprint density at radius 2 is 2.08 bits per heavy atom. The van der Waals surface area contributed by atoms with E-state index in [4.69, 9.17) is 0 Å². The molecule has 0 aliphatic carbocycles. The standard InChI is InChI=1S/C18H24N2O3S/c1-4-11(2)16(24-12(3)21)18(23)20-15-10-9-13-7-5-6-8-14(13)19-17(15)22/h5-8,11,15-16H,4,9-10H2,1-3H3,(H,19,22)(H,20,23)/t11-,15-,16-/m0/s1. The first-order chi connectivity index (χ1) is 11.4. The second kappa shape index (κ2) is 8.33. The predicted molar refractivity (Wildman–Crippen MR) is 96.8 cm³/mol. The third-order valence-corrected chi connectivity index (χ3v) is 5.59. The Balaban J connectivity index is 2.07. The number of thioether (sulfide) groups is 1. The summed E-state index contributed by atoms with van der Waals surface area (Å²) in [4.78, 5) is 36.5. The number of nitrogens with one attached hydrogen (secondary N) is 2. The average Bonchev–Trinajstić information content (AvgIpc) is 2.71. The molecule has 0 aromatic heterocycles. The smallest absolute Gasteiger partial charge is 0.246 e. The van der Waals surface area contributed by atoms with Gasteiger partial charge in [0.15, 0.2) is 5.12 Å². The lowest BCUT2D eigenvalue weighted by Gasteiger charge is -2.23. The highest BCUT2D eigenvalue weighted by molar-refractivity contribution is 8.14. The largest absolute Gasteiger partial charge is 0.343 e. The fourth-order valence-corrected chi connectivity index (χ4v) is 3.68. The van der Waals surface area contributed by atoms with Crippen LogP contribution in [-0.4, -0.2) is 28.2 Å². The molecule has 1 heterocycles. The van der Waals surface area contributed by atoms with Crippen molar-refractivity contribution in [3.8, 4) is 0 Å². The minimum absolute atomic E-state index is 0.0601. The van der Waals surface area contributed by atoms with Gasteiger partial charge in [-0.1, -0.05) is 50.2 Å². The van der Waals surface area contributed by atoms with Gasteiger partial charge in [0.1, 0.15) is 6.04 Å². The van der Waals surface area contributed by atoms with Gasteiger partial charge in [-0.05, 0) is 30.4 Å². The van der Waals surface area contributed by atoms with E-state index in [1.165, 1.54) is 6.92 Å². The first-order valence-electron chi connectivity index (χ1n) is 8.28. The van der Waals surface area contributed by atoms with Crippen LogP contribution < -0.4 is 10.6 Å². The zero-order valence-electron chi connectivity index (χ0n) is 14.3. The van der Waals surface area contributed by atoms with Gasteiger partial charge < -0.3 is 10.6 Å². The number of carbonyl (C=O) groups excluding carboxylic acids is 3. The highest BCUT2D eigenvalue weighted by Crippen LogP contribution is 2.25. The molecule has 0 saturated carbocycles. The molecule has 130 valence electrons. The summed E-state index contributed by atoms with van der Waals surface area (Å²) in [5.41, 5.74) is 1.87. The van der Waals surface area contributed by atoms with Crippen LogP contribution in [0.2, 0.25) is 0 Å². The van der Waals surface area contributed by atoms with E-state index in [0.717, 1.165) is 29.4 Å². The SMILES string of the molecule is CC[C@H](C)[C@H](SC(C)=O)C(=O)N[C@H]1CCc2ccccc2NC1=O. The topological polar surface area (TPSA) is 75.3 Å². The highest BCUT2D eigenvalue weighted by Gasteiger charge is 2.31. The van der Waals surface area contributed by atoms with Crippen molar-refractivity contribution >= 4 is 34.4 Å². The molecule has 2 amide bonds. The van der Waals surface area contributed by atoms with Crippen LogP contribution in [0.1, 0.15) is 39.2 Å². The first-order valence-corrected chi connectivity index (χ1v) is 9.16. The van der Waals surface area contributed by atoms with E-state index in [1.807, 2.05) is 38.1 Å². The van der Waals surface area contributed by atoms with Crippen LogP contribution in [0, 0.1) is 5.92 Å². The van der Waals surface area contributed by atoms with Crippen LogP contribution in [0.4, 0.5) is 5.69 Å². The molecule has 2 rings (SSSR count). The third-order valence-electron chi connectivity index (χ3n) is 4.32. The summed E-state index contributed by atoms with van der Waals surface area (Å²) in [6.45, 7) is 5.40. The van der Waals surface area contributed by atoms with E-state index < -0.39 is 11.3 Å². The summed E-state index contributed by atoms with van der Waals surface area (Å²) in [6, 6.07) is 7.08. The van der Waals surface area contributed by atoms with Gasteiger partial charge >= 0.3 is 0 Å². The van der Waals surface area contributed by atoms with Gasteiger partial charge in [-0.15, -0.1) is 0 Å². The van der Waals surface area contributed by atoms with Crippen molar-refractivity contribution in [1.82, 2.24) is 5.32 Å². The Hall–Kier alpha value is -1.82. The average molecular weight is 348 g/mol. The Morgan fingerprint density at radius 3 is 2.75 bits per heavy atom. The van der Waals surface area contributed by atoms with Gasteiger partial charge in [0.25, 0.3) is 0 Å². The van der Waals surface area contributed by atoms with Gasteiger partial charge in [0, 0.05) is 12.6 Å². The summed E-state index contributed by atoms with van der Waals surface area (Å²) in [5, 5.41) is 5.16. The van der Waals surface area contributed by atoms with E-state index in [9.17, 15) is 14.4 Å². The number of carbonyl (C=O) groups is 3. The number of hydrogen-bond donors (Lipinski definition) is 2. The zero-order valence-corrected chi connectivity index (χ0v) is 15.1. The molecule has 1 aliphatic heterocycles. The Kier molecular flexibility index (Phi) is 6.43. The van der Waals surface area contributed by atoms with E-state index in [1.54, 1.807) is 0 Å². The fourth-order valence-electron chi connectivity index (χ4n) is 2.72. The van der Waals surface area contributed by atoms with Gasteiger partial charge in [-0.25, -0.2) is 0 Å². The van der Waals surface area contributed by atoms with Crippen molar-refractivity contribution in [2.75, 3.05) is 5.32 Å². The molecule has 1 aromatic rings. The first kappa shape index (κ1) is 18.5. The van der Waals surface area contributed by atoms with Crippen LogP contribution in [0.15, 0.2) is 24.3 Å². The maximum absolute atomic E-state index is 12.6. The minimum atomic E-state index is -0.580. The van der Waals surface area contributed by atoms with Crippen molar-refractivity contribution in [1.29, 1.82) is 0 Å². The molecule has 5 nitrogen and oxygen atoms in total. The van der Waals surface area contributed by atoms with Crippen LogP contribution in [-0.2, 0) is 20.8 Å². The van der Waals surface area contributed by atoms with E-state index in [-0.39, 0.29) is 22.8 Å². The molecular weight excluding hydrogens is 324 g/mol. The zero-order chi connectivity index (χ0) is 17.7. The van der Waals surface area contributed by atoms with Gasteiger partial charge in [0.2, 0.25) is 11.8 Å². The number of para-hydroxylation sites is 1. The number of amides is 2. The maximum atomic E-state index is 12.6. The van der Waals surface area contributed by atoms with Crippen molar-refractivity contribution in [3.63, 3.8) is 0 Å². The van der Waals surface area contributed by atoms with Gasteiger partial charge in [0.05, 0.1) is 5.25 Å². The summed E-state index contributed by atoms with van der Waals surface area (Å²) in [7, 11) is 0. The molecule has 0 radical (unpaired) electrons. The van der Waals surface area contributed by atoms with Crippen LogP contribution in [0.25, 0.3) is 0 Å². The second-order valence-corrected chi connectivity index (χ2v) is 7.48. The van der Waals surface area contributed by atoms with Gasteiger partial charge in [-0.3, -0.25) is 14.4 Å². The molecule has 0 unspecified atom stereocenters. The van der Waals surface area contributed by atoms with Crippen molar-refractivity contribution in [2.45, 2.75) is 51.3 Å². The molecule has 3 atom stereocenters. The second-order valence-electron chi connectivity index (χ2n) is 6.16. The number of fused-ring (bicyclic) bond motifs is 1. The maximum Gasteiger partial charge on any atom is 0.246 e. The summed E-state index contributed by atoms with van der Waals surface area (Å²) in [6.07, 6.45) is 2.06. The lowest BCUT2D eigenvalue weighted by Crippen LogP contribution is -2.48. The molecule has 24 heavy (non-hydrogen) atoms. The van der Waals surface area contributed by atoms with E-state index >= 15 is 0 Å². The summed E-state index contributed by atoms with van der Waals surface area (Å²) in [5.74, 6) is -0.385. The van der Waals surface area contributed by atoms with Crippen LogP contribution in [0.3, 0.4) is 0 Å². The molecule has 6 heteroatoms. The van der Waals surface area contributed by atoms with Gasteiger partial charge in [-0.2, -0.15) is 0 Å². The molecule has 1 aliphatic rings. The summed E-state index contributed by atoms with van der Waals surface area (Å²) >= 11 is 1.04. The Morgan fingerprint density at radius 1 is 1.38 bits per heavy atom. The number of benzene rings is 1. The lowest BCUT2D eigenvalue weighted by atomic mass is 10.0. The van der Waals surface area contributed by atoms with Crippen molar-refractivity contribution < 1.29 is 14.4 Å². The lowest BCUT2D eigenvalue weighted by molar-refractivity contribution is -0.126.